The summed E-state index contributed by atoms with van der Waals surface area (Å²) in [6, 6.07) is 0.485. The number of rotatable bonds is 4. The summed E-state index contributed by atoms with van der Waals surface area (Å²) in [5.74, 6) is 2.56. The van der Waals surface area contributed by atoms with E-state index in [1.807, 2.05) is 6.92 Å². The Balaban J connectivity index is 1.83. The number of ether oxygens (including phenoxy) is 1. The zero-order valence-electron chi connectivity index (χ0n) is 14.1. The molecule has 0 radical (unpaired) electrons. The molecule has 1 aliphatic carbocycles. The summed E-state index contributed by atoms with van der Waals surface area (Å²) in [7, 11) is 3.98. The minimum absolute atomic E-state index is 0.485. The second kappa shape index (κ2) is 6.92. The SMILES string of the molecule is COC[C@H]1CCC[C@H]1Nc1nc(C)nc2c1CCN(C)CC2. The van der Waals surface area contributed by atoms with Crippen LogP contribution < -0.4 is 5.32 Å². The minimum Gasteiger partial charge on any atom is -0.384 e. The molecule has 5 heteroatoms. The van der Waals surface area contributed by atoms with Gasteiger partial charge in [-0.05, 0) is 33.2 Å². The first-order valence-corrected chi connectivity index (χ1v) is 8.47. The van der Waals surface area contributed by atoms with Gasteiger partial charge in [-0.3, -0.25) is 0 Å². The molecule has 0 saturated heterocycles. The molecule has 1 N–H and O–H groups in total. The average Bonchev–Trinajstić information content (AvgIpc) is 2.82. The summed E-state index contributed by atoms with van der Waals surface area (Å²) in [6.07, 6.45) is 5.80. The van der Waals surface area contributed by atoms with Crippen molar-refractivity contribution in [3.05, 3.63) is 17.1 Å². The van der Waals surface area contributed by atoms with Crippen LogP contribution in [0.15, 0.2) is 0 Å². The van der Waals surface area contributed by atoms with Gasteiger partial charge in [0, 0.05) is 44.1 Å². The molecular formula is C17H28N4O. The number of hydrogen-bond acceptors (Lipinski definition) is 5. The summed E-state index contributed by atoms with van der Waals surface area (Å²) in [5, 5.41) is 3.74. The topological polar surface area (TPSA) is 50.3 Å². The van der Waals surface area contributed by atoms with Crippen LogP contribution in [0.25, 0.3) is 0 Å². The van der Waals surface area contributed by atoms with Crippen LogP contribution in [0.2, 0.25) is 0 Å². The lowest BCUT2D eigenvalue weighted by Crippen LogP contribution is -2.28. The minimum atomic E-state index is 0.485. The molecule has 1 saturated carbocycles. The van der Waals surface area contributed by atoms with Crippen molar-refractivity contribution in [1.82, 2.24) is 14.9 Å². The summed E-state index contributed by atoms with van der Waals surface area (Å²) in [4.78, 5) is 11.8. The fourth-order valence-electron chi connectivity index (χ4n) is 3.77. The Morgan fingerprint density at radius 3 is 2.86 bits per heavy atom. The average molecular weight is 304 g/mol. The van der Waals surface area contributed by atoms with Gasteiger partial charge in [0.05, 0.1) is 12.3 Å². The summed E-state index contributed by atoms with van der Waals surface area (Å²) in [5.41, 5.74) is 2.57. The van der Waals surface area contributed by atoms with Crippen LogP contribution in [-0.2, 0) is 17.6 Å². The second-order valence-corrected chi connectivity index (χ2v) is 6.75. The van der Waals surface area contributed by atoms with Crippen LogP contribution in [0.4, 0.5) is 5.82 Å². The van der Waals surface area contributed by atoms with Crippen LogP contribution >= 0.6 is 0 Å². The highest BCUT2D eigenvalue weighted by Gasteiger charge is 2.29. The van der Waals surface area contributed by atoms with Gasteiger partial charge in [-0.15, -0.1) is 0 Å². The van der Waals surface area contributed by atoms with Crippen molar-refractivity contribution in [2.24, 2.45) is 5.92 Å². The Hall–Kier alpha value is -1.20. The maximum absolute atomic E-state index is 5.38. The van der Waals surface area contributed by atoms with Crippen LogP contribution in [0.5, 0.6) is 0 Å². The van der Waals surface area contributed by atoms with Gasteiger partial charge < -0.3 is 15.0 Å². The maximum Gasteiger partial charge on any atom is 0.133 e. The van der Waals surface area contributed by atoms with Crippen LogP contribution in [0.1, 0.15) is 36.3 Å². The quantitative estimate of drug-likeness (QED) is 0.922. The van der Waals surface area contributed by atoms with Gasteiger partial charge in [0.15, 0.2) is 0 Å². The molecule has 2 heterocycles. The number of hydrogen-bond donors (Lipinski definition) is 1. The molecule has 0 bridgehead atoms. The van der Waals surface area contributed by atoms with Crippen molar-refractivity contribution in [2.45, 2.75) is 45.1 Å². The molecule has 1 aromatic heterocycles. The van der Waals surface area contributed by atoms with E-state index in [2.05, 4.69) is 17.3 Å². The van der Waals surface area contributed by atoms with Gasteiger partial charge in [-0.1, -0.05) is 6.42 Å². The molecule has 1 aromatic rings. The van der Waals surface area contributed by atoms with Crippen molar-refractivity contribution in [2.75, 3.05) is 39.2 Å². The van der Waals surface area contributed by atoms with Gasteiger partial charge in [-0.25, -0.2) is 9.97 Å². The van der Waals surface area contributed by atoms with E-state index in [9.17, 15) is 0 Å². The smallest absolute Gasteiger partial charge is 0.133 e. The lowest BCUT2D eigenvalue weighted by atomic mass is 10.0. The van der Waals surface area contributed by atoms with E-state index in [0.717, 1.165) is 44.2 Å². The number of methoxy groups -OCH3 is 1. The maximum atomic E-state index is 5.38. The number of fused-ring (bicyclic) bond motifs is 1. The molecule has 122 valence electrons. The van der Waals surface area contributed by atoms with Gasteiger partial charge >= 0.3 is 0 Å². The van der Waals surface area contributed by atoms with E-state index in [0.29, 0.717) is 12.0 Å². The Kier molecular flexibility index (Phi) is 4.93. The lowest BCUT2D eigenvalue weighted by molar-refractivity contribution is 0.150. The largest absolute Gasteiger partial charge is 0.384 e. The Morgan fingerprint density at radius 1 is 1.23 bits per heavy atom. The highest BCUT2D eigenvalue weighted by molar-refractivity contribution is 5.48. The lowest BCUT2D eigenvalue weighted by Gasteiger charge is -2.23. The van der Waals surface area contributed by atoms with Crippen molar-refractivity contribution in [3.63, 3.8) is 0 Å². The standard InChI is InChI=1S/C17H28N4O/c1-12-18-16-8-10-21(2)9-7-14(16)17(19-12)20-15-6-4-5-13(15)11-22-3/h13,15H,4-11H2,1-3H3,(H,18,19,20)/t13-,15-/m1/s1. The van der Waals surface area contributed by atoms with Crippen molar-refractivity contribution in [3.8, 4) is 0 Å². The molecule has 0 amide bonds. The van der Waals surface area contributed by atoms with Gasteiger partial charge in [0.1, 0.15) is 11.6 Å². The zero-order valence-corrected chi connectivity index (χ0v) is 14.1. The van der Waals surface area contributed by atoms with E-state index in [1.165, 1.54) is 30.5 Å². The zero-order chi connectivity index (χ0) is 15.5. The predicted molar refractivity (Wildman–Crippen MR) is 88.3 cm³/mol. The molecule has 3 rings (SSSR count). The molecule has 5 nitrogen and oxygen atoms in total. The van der Waals surface area contributed by atoms with Crippen LogP contribution in [-0.4, -0.2) is 54.8 Å². The van der Waals surface area contributed by atoms with Crippen LogP contribution in [0, 0.1) is 12.8 Å². The third-order valence-electron chi connectivity index (χ3n) is 5.04. The van der Waals surface area contributed by atoms with Gasteiger partial charge in [0.2, 0.25) is 0 Å². The highest BCUT2D eigenvalue weighted by atomic mass is 16.5. The summed E-state index contributed by atoms with van der Waals surface area (Å²) >= 11 is 0. The fourth-order valence-corrected chi connectivity index (χ4v) is 3.77. The van der Waals surface area contributed by atoms with E-state index in [-0.39, 0.29) is 0 Å². The van der Waals surface area contributed by atoms with E-state index in [1.54, 1.807) is 7.11 Å². The van der Waals surface area contributed by atoms with E-state index >= 15 is 0 Å². The first-order chi connectivity index (χ1) is 10.7. The normalized spacial score (nSPS) is 25.8. The Morgan fingerprint density at radius 2 is 2.05 bits per heavy atom. The first-order valence-electron chi connectivity index (χ1n) is 8.47. The molecule has 22 heavy (non-hydrogen) atoms. The first kappa shape index (κ1) is 15.7. The number of aryl methyl sites for hydroxylation is 1. The van der Waals surface area contributed by atoms with Crippen LogP contribution in [0.3, 0.4) is 0 Å². The van der Waals surface area contributed by atoms with Crippen molar-refractivity contribution in [1.29, 1.82) is 0 Å². The third-order valence-corrected chi connectivity index (χ3v) is 5.04. The molecule has 1 aliphatic heterocycles. The molecule has 0 aromatic carbocycles. The Labute approximate surface area is 133 Å². The molecular weight excluding hydrogens is 276 g/mol. The highest BCUT2D eigenvalue weighted by Crippen LogP contribution is 2.30. The van der Waals surface area contributed by atoms with E-state index < -0.39 is 0 Å². The predicted octanol–water partition coefficient (Wildman–Crippen LogP) is 2.04. The van der Waals surface area contributed by atoms with Crippen molar-refractivity contribution < 1.29 is 4.74 Å². The summed E-state index contributed by atoms with van der Waals surface area (Å²) in [6.45, 7) is 5.01. The van der Waals surface area contributed by atoms with Gasteiger partial charge in [0.25, 0.3) is 0 Å². The number of likely N-dealkylation sites (N-methyl/N-ethyl adjacent to an activating group) is 1. The number of aromatic nitrogens is 2. The Bertz CT molecular complexity index is 520. The van der Waals surface area contributed by atoms with Gasteiger partial charge in [-0.2, -0.15) is 0 Å². The molecule has 0 unspecified atom stereocenters. The molecule has 2 aliphatic rings. The molecule has 1 fully saturated rings. The fraction of sp³-hybridized carbons (Fsp3) is 0.765. The number of nitrogens with one attached hydrogen (secondary N) is 1. The number of nitrogens with zero attached hydrogens (tertiary/aromatic N) is 3. The molecule has 2 atom stereocenters. The van der Waals surface area contributed by atoms with Crippen molar-refractivity contribution >= 4 is 5.82 Å². The monoisotopic (exact) mass is 304 g/mol. The van der Waals surface area contributed by atoms with E-state index in [4.69, 9.17) is 14.7 Å². The summed E-state index contributed by atoms with van der Waals surface area (Å²) < 4.78 is 5.38. The molecule has 0 spiro atoms. The number of anilines is 1. The third kappa shape index (κ3) is 3.41. The second-order valence-electron chi connectivity index (χ2n) is 6.75.